The van der Waals surface area contributed by atoms with Crippen LogP contribution >= 0.6 is 34.4 Å². The summed E-state index contributed by atoms with van der Waals surface area (Å²) in [5, 5.41) is 10.4. The first-order valence-corrected chi connectivity index (χ1v) is 10.9. The predicted octanol–water partition coefficient (Wildman–Crippen LogP) is 4.78. The van der Waals surface area contributed by atoms with Crippen molar-refractivity contribution >= 4 is 57.2 Å². The van der Waals surface area contributed by atoms with Gasteiger partial charge in [0, 0.05) is 6.61 Å². The number of phenolic OH excluding ortho intramolecular Hbond substituents is 1. The van der Waals surface area contributed by atoms with E-state index in [0.717, 1.165) is 34.3 Å². The SMILES string of the molecule is O=C1/C(=C/c2ccc(O)c(I)c2)SC(=Nc2ccccc2)N1C[C@@H]1CCCO1. The van der Waals surface area contributed by atoms with E-state index in [1.165, 1.54) is 11.8 Å². The fraction of sp³-hybridized carbons (Fsp3) is 0.238. The van der Waals surface area contributed by atoms with Crippen LogP contribution in [-0.2, 0) is 9.53 Å². The largest absolute Gasteiger partial charge is 0.507 e. The van der Waals surface area contributed by atoms with Gasteiger partial charge in [-0.15, -0.1) is 0 Å². The maximum absolute atomic E-state index is 13.1. The number of aliphatic imine (C=N–C) groups is 1. The molecule has 0 saturated carbocycles. The lowest BCUT2D eigenvalue weighted by atomic mass is 10.2. The molecule has 2 aliphatic heterocycles. The smallest absolute Gasteiger partial charge is 0.266 e. The Morgan fingerprint density at radius 1 is 1.29 bits per heavy atom. The maximum Gasteiger partial charge on any atom is 0.266 e. The number of benzene rings is 2. The molecule has 4 rings (SSSR count). The van der Waals surface area contributed by atoms with Gasteiger partial charge >= 0.3 is 0 Å². The minimum absolute atomic E-state index is 0.0551. The summed E-state index contributed by atoms with van der Waals surface area (Å²) < 4.78 is 6.48. The average molecular weight is 506 g/mol. The molecule has 0 aromatic heterocycles. The highest BCUT2D eigenvalue weighted by atomic mass is 127. The molecule has 2 aromatic carbocycles. The van der Waals surface area contributed by atoms with Crippen molar-refractivity contribution in [2.75, 3.05) is 13.2 Å². The molecule has 1 amide bonds. The number of aromatic hydroxyl groups is 1. The third-order valence-corrected chi connectivity index (χ3v) is 6.42. The molecule has 1 N–H and O–H groups in total. The number of carbonyl (C=O) groups excluding carboxylic acids is 1. The minimum atomic E-state index is -0.0572. The zero-order valence-corrected chi connectivity index (χ0v) is 18.0. The molecule has 0 radical (unpaired) electrons. The van der Waals surface area contributed by atoms with Gasteiger partial charge in [0.1, 0.15) is 5.75 Å². The van der Waals surface area contributed by atoms with Crippen LogP contribution in [0, 0.1) is 3.57 Å². The summed E-state index contributed by atoms with van der Waals surface area (Å²) in [6.45, 7) is 1.27. The van der Waals surface area contributed by atoms with Crippen molar-refractivity contribution in [2.45, 2.75) is 18.9 Å². The van der Waals surface area contributed by atoms with Crippen molar-refractivity contribution in [1.82, 2.24) is 4.90 Å². The topological polar surface area (TPSA) is 62.1 Å². The van der Waals surface area contributed by atoms with Crippen LogP contribution in [0.25, 0.3) is 6.08 Å². The fourth-order valence-corrected chi connectivity index (χ4v) is 4.67. The summed E-state index contributed by atoms with van der Waals surface area (Å²) in [4.78, 5) is 20.1. The highest BCUT2D eigenvalue weighted by Crippen LogP contribution is 2.35. The summed E-state index contributed by atoms with van der Waals surface area (Å²) in [7, 11) is 0. The van der Waals surface area contributed by atoms with Gasteiger partial charge in [-0.1, -0.05) is 24.3 Å². The van der Waals surface area contributed by atoms with E-state index >= 15 is 0 Å². The average Bonchev–Trinajstić information content (AvgIpc) is 3.30. The summed E-state index contributed by atoms with van der Waals surface area (Å²) in [5.41, 5.74) is 1.69. The first-order valence-electron chi connectivity index (χ1n) is 9.05. The third kappa shape index (κ3) is 4.42. The van der Waals surface area contributed by atoms with Crippen LogP contribution in [0.4, 0.5) is 5.69 Å². The molecule has 2 saturated heterocycles. The molecular weight excluding hydrogens is 487 g/mol. The molecule has 0 aliphatic carbocycles. The molecule has 28 heavy (non-hydrogen) atoms. The standard InChI is InChI=1S/C21H19IN2O3S/c22-17-11-14(8-9-18(17)25)12-19-20(26)24(13-16-7-4-10-27-16)21(28-19)23-15-5-2-1-3-6-15/h1-3,5-6,8-9,11-12,16,25H,4,7,10,13H2/b19-12-,23-21?/t16-/m0/s1. The molecule has 2 heterocycles. The van der Waals surface area contributed by atoms with E-state index in [1.54, 1.807) is 17.0 Å². The number of halogens is 1. The van der Waals surface area contributed by atoms with E-state index in [1.807, 2.05) is 42.5 Å². The van der Waals surface area contributed by atoms with Crippen molar-refractivity contribution in [1.29, 1.82) is 0 Å². The lowest BCUT2D eigenvalue weighted by Crippen LogP contribution is -2.36. The Morgan fingerprint density at radius 2 is 2.11 bits per heavy atom. The van der Waals surface area contributed by atoms with Crippen molar-refractivity contribution in [3.05, 3.63) is 62.6 Å². The number of thioether (sulfide) groups is 1. The zero-order chi connectivity index (χ0) is 19.5. The van der Waals surface area contributed by atoms with Gasteiger partial charge in [-0.25, -0.2) is 4.99 Å². The molecular formula is C21H19IN2O3S. The monoisotopic (exact) mass is 506 g/mol. The van der Waals surface area contributed by atoms with Gasteiger partial charge in [0.15, 0.2) is 5.17 Å². The van der Waals surface area contributed by atoms with Gasteiger partial charge in [0.2, 0.25) is 0 Å². The number of nitrogens with zero attached hydrogens (tertiary/aromatic N) is 2. The number of hydrogen-bond donors (Lipinski definition) is 1. The molecule has 2 aliphatic rings. The molecule has 1 atom stereocenters. The number of amidine groups is 1. The lowest BCUT2D eigenvalue weighted by molar-refractivity contribution is -0.123. The van der Waals surface area contributed by atoms with Gasteiger partial charge in [-0.05, 0) is 83.1 Å². The fourth-order valence-electron chi connectivity index (χ4n) is 3.12. The molecule has 2 aromatic rings. The molecule has 0 spiro atoms. The highest BCUT2D eigenvalue weighted by Gasteiger charge is 2.35. The van der Waals surface area contributed by atoms with Crippen LogP contribution < -0.4 is 0 Å². The van der Waals surface area contributed by atoms with E-state index in [0.29, 0.717) is 16.6 Å². The highest BCUT2D eigenvalue weighted by molar-refractivity contribution is 14.1. The van der Waals surface area contributed by atoms with E-state index in [2.05, 4.69) is 22.6 Å². The summed E-state index contributed by atoms with van der Waals surface area (Å²) in [5.74, 6) is 0.178. The first kappa shape index (κ1) is 19.5. The van der Waals surface area contributed by atoms with Crippen LogP contribution in [0.3, 0.4) is 0 Å². The summed E-state index contributed by atoms with van der Waals surface area (Å²) >= 11 is 3.45. The molecule has 144 valence electrons. The van der Waals surface area contributed by atoms with Crippen LogP contribution in [0.15, 0.2) is 58.4 Å². The first-order chi connectivity index (χ1) is 13.6. The van der Waals surface area contributed by atoms with E-state index in [9.17, 15) is 9.90 Å². The van der Waals surface area contributed by atoms with E-state index in [4.69, 9.17) is 9.73 Å². The molecule has 7 heteroatoms. The van der Waals surface area contributed by atoms with Gasteiger partial charge in [-0.2, -0.15) is 0 Å². The molecule has 2 fully saturated rings. The molecule has 0 unspecified atom stereocenters. The second-order valence-electron chi connectivity index (χ2n) is 6.60. The van der Waals surface area contributed by atoms with Crippen LogP contribution in [-0.4, -0.2) is 40.3 Å². The van der Waals surface area contributed by atoms with Crippen molar-refractivity contribution in [2.24, 2.45) is 4.99 Å². The Morgan fingerprint density at radius 3 is 2.82 bits per heavy atom. The number of phenols is 1. The van der Waals surface area contributed by atoms with Crippen LogP contribution in [0.5, 0.6) is 5.75 Å². The van der Waals surface area contributed by atoms with Crippen LogP contribution in [0.2, 0.25) is 0 Å². The van der Waals surface area contributed by atoms with Gasteiger partial charge in [0.25, 0.3) is 5.91 Å². The van der Waals surface area contributed by atoms with Crippen molar-refractivity contribution in [3.63, 3.8) is 0 Å². The second kappa shape index (κ2) is 8.67. The molecule has 5 nitrogen and oxygen atoms in total. The van der Waals surface area contributed by atoms with Gasteiger partial charge in [-0.3, -0.25) is 9.69 Å². The maximum atomic E-state index is 13.1. The third-order valence-electron chi connectivity index (χ3n) is 4.55. The number of rotatable bonds is 4. The minimum Gasteiger partial charge on any atom is -0.507 e. The summed E-state index contributed by atoms with van der Waals surface area (Å²) in [6, 6.07) is 14.9. The van der Waals surface area contributed by atoms with Crippen molar-refractivity contribution in [3.8, 4) is 5.75 Å². The number of hydrogen-bond acceptors (Lipinski definition) is 5. The normalized spacial score (nSPS) is 22.5. The Hall–Kier alpha value is -1.84. The number of ether oxygens (including phenoxy) is 1. The predicted molar refractivity (Wildman–Crippen MR) is 121 cm³/mol. The lowest BCUT2D eigenvalue weighted by Gasteiger charge is -2.19. The van der Waals surface area contributed by atoms with E-state index < -0.39 is 0 Å². The Kier molecular flexibility index (Phi) is 6.03. The Bertz CT molecular complexity index is 940. The number of para-hydroxylation sites is 1. The number of carbonyl (C=O) groups is 1. The quantitative estimate of drug-likeness (QED) is 0.479. The zero-order valence-electron chi connectivity index (χ0n) is 15.0. The molecule has 0 bridgehead atoms. The van der Waals surface area contributed by atoms with Gasteiger partial charge < -0.3 is 9.84 Å². The Balaban J connectivity index is 1.65. The van der Waals surface area contributed by atoms with Gasteiger partial charge in [0.05, 0.1) is 26.8 Å². The van der Waals surface area contributed by atoms with E-state index in [-0.39, 0.29) is 17.8 Å². The van der Waals surface area contributed by atoms with Crippen molar-refractivity contribution < 1.29 is 14.6 Å². The number of amides is 1. The Labute approximate surface area is 181 Å². The summed E-state index contributed by atoms with van der Waals surface area (Å²) in [6.07, 6.45) is 3.89. The van der Waals surface area contributed by atoms with Crippen LogP contribution in [0.1, 0.15) is 18.4 Å². The second-order valence-corrected chi connectivity index (χ2v) is 8.77.